The number of halogens is 1. The Kier molecular flexibility index (Phi) is 5.34. The van der Waals surface area contributed by atoms with Gasteiger partial charge in [-0.1, -0.05) is 6.07 Å². The average molecular weight is 369 g/mol. The number of hydrogen-bond donors (Lipinski definition) is 2. The molecule has 1 aliphatic heterocycles. The smallest absolute Gasteiger partial charge is 0.251 e. The molecule has 1 aromatic carbocycles. The highest BCUT2D eigenvalue weighted by Crippen LogP contribution is 2.49. The number of benzene rings is 1. The molecule has 0 radical (unpaired) electrons. The number of carbonyl (C=O) groups is 1. The van der Waals surface area contributed by atoms with Crippen molar-refractivity contribution in [3.63, 3.8) is 0 Å². The number of rotatable bonds is 8. The summed E-state index contributed by atoms with van der Waals surface area (Å²) in [4.78, 5) is 16.3. The SMILES string of the molecule is O=C(NCC[C@H]1C[C@@H]1c1cncc(OC[C@@H]2CCN2)c1)c1cccc(F)c1. The van der Waals surface area contributed by atoms with Gasteiger partial charge in [0.15, 0.2) is 0 Å². The van der Waals surface area contributed by atoms with Crippen LogP contribution in [-0.2, 0) is 0 Å². The molecular weight excluding hydrogens is 345 g/mol. The van der Waals surface area contributed by atoms with E-state index in [1.54, 1.807) is 18.3 Å². The van der Waals surface area contributed by atoms with E-state index in [1.807, 2.05) is 6.20 Å². The molecule has 2 aliphatic rings. The summed E-state index contributed by atoms with van der Waals surface area (Å²) < 4.78 is 19.0. The van der Waals surface area contributed by atoms with Gasteiger partial charge in [0.05, 0.1) is 6.20 Å². The minimum atomic E-state index is -0.396. The van der Waals surface area contributed by atoms with Crippen molar-refractivity contribution in [2.45, 2.75) is 31.2 Å². The molecular formula is C21H24FN3O2. The Morgan fingerprint density at radius 3 is 3.00 bits per heavy atom. The topological polar surface area (TPSA) is 63.2 Å². The summed E-state index contributed by atoms with van der Waals surface area (Å²) in [6.45, 7) is 2.35. The maximum Gasteiger partial charge on any atom is 0.251 e. The zero-order valence-electron chi connectivity index (χ0n) is 15.2. The highest BCUT2D eigenvalue weighted by molar-refractivity contribution is 5.94. The molecule has 2 N–H and O–H groups in total. The Morgan fingerprint density at radius 1 is 1.33 bits per heavy atom. The Morgan fingerprint density at radius 2 is 2.22 bits per heavy atom. The van der Waals surface area contributed by atoms with E-state index in [4.69, 9.17) is 4.74 Å². The van der Waals surface area contributed by atoms with Crippen LogP contribution in [0, 0.1) is 11.7 Å². The van der Waals surface area contributed by atoms with E-state index >= 15 is 0 Å². The minimum Gasteiger partial charge on any atom is -0.490 e. The molecule has 1 saturated carbocycles. The van der Waals surface area contributed by atoms with Crippen molar-refractivity contribution < 1.29 is 13.9 Å². The molecule has 1 aromatic heterocycles. The van der Waals surface area contributed by atoms with Crippen LogP contribution in [-0.4, -0.2) is 36.6 Å². The quantitative estimate of drug-likeness (QED) is 0.751. The maximum absolute atomic E-state index is 13.2. The predicted molar refractivity (Wildman–Crippen MR) is 100 cm³/mol. The maximum atomic E-state index is 13.2. The lowest BCUT2D eigenvalue weighted by Gasteiger charge is -2.27. The van der Waals surface area contributed by atoms with E-state index in [2.05, 4.69) is 21.7 Å². The number of amides is 1. The average Bonchev–Trinajstić information content (AvgIpc) is 3.40. The molecule has 1 saturated heterocycles. The summed E-state index contributed by atoms with van der Waals surface area (Å²) in [6.07, 6.45) is 6.84. The van der Waals surface area contributed by atoms with Gasteiger partial charge in [-0.15, -0.1) is 0 Å². The van der Waals surface area contributed by atoms with Crippen molar-refractivity contribution >= 4 is 5.91 Å². The predicted octanol–water partition coefficient (Wildman–Crippen LogP) is 2.89. The molecule has 27 heavy (non-hydrogen) atoms. The Labute approximate surface area is 158 Å². The van der Waals surface area contributed by atoms with Crippen molar-refractivity contribution in [3.05, 3.63) is 59.7 Å². The van der Waals surface area contributed by atoms with Crippen molar-refractivity contribution in [2.75, 3.05) is 19.7 Å². The second-order valence-corrected chi connectivity index (χ2v) is 7.36. The third-order valence-corrected chi connectivity index (χ3v) is 5.35. The first-order valence-corrected chi connectivity index (χ1v) is 9.54. The highest BCUT2D eigenvalue weighted by atomic mass is 19.1. The molecule has 3 atom stereocenters. The number of aromatic nitrogens is 1. The lowest BCUT2D eigenvalue weighted by atomic mass is 10.1. The fourth-order valence-electron chi connectivity index (χ4n) is 3.48. The second-order valence-electron chi connectivity index (χ2n) is 7.36. The van der Waals surface area contributed by atoms with Crippen molar-refractivity contribution in [2.24, 2.45) is 5.92 Å². The number of nitrogens with zero attached hydrogens (tertiary/aromatic N) is 1. The van der Waals surface area contributed by atoms with Gasteiger partial charge >= 0.3 is 0 Å². The first-order valence-electron chi connectivity index (χ1n) is 9.54. The number of ether oxygens (including phenoxy) is 1. The summed E-state index contributed by atoms with van der Waals surface area (Å²) in [5, 5.41) is 6.19. The lowest BCUT2D eigenvalue weighted by molar-refractivity contribution is 0.0952. The summed E-state index contributed by atoms with van der Waals surface area (Å²) in [5.41, 5.74) is 1.56. The van der Waals surface area contributed by atoms with Crippen LogP contribution in [0.25, 0.3) is 0 Å². The van der Waals surface area contributed by atoms with Crippen LogP contribution >= 0.6 is 0 Å². The van der Waals surface area contributed by atoms with Crippen molar-refractivity contribution in [3.8, 4) is 5.75 Å². The van der Waals surface area contributed by atoms with Crippen molar-refractivity contribution in [1.29, 1.82) is 0 Å². The summed E-state index contributed by atoms with van der Waals surface area (Å²) in [6, 6.07) is 8.30. The van der Waals surface area contributed by atoms with E-state index < -0.39 is 5.82 Å². The fraction of sp³-hybridized carbons (Fsp3) is 0.429. The highest BCUT2D eigenvalue weighted by Gasteiger charge is 2.38. The standard InChI is InChI=1S/C21H24FN3O2/c22-17-3-1-2-15(8-17)21(26)25-6-4-14-10-20(14)16-9-19(12-23-11-16)27-13-18-5-7-24-18/h1-3,8-9,11-12,14,18,20,24H,4-7,10,13H2,(H,25,26)/t14-,18-,20-/m0/s1. The monoisotopic (exact) mass is 369 g/mol. The van der Waals surface area contributed by atoms with E-state index in [0.29, 0.717) is 36.6 Å². The molecule has 1 amide bonds. The third kappa shape index (κ3) is 4.63. The van der Waals surface area contributed by atoms with Gasteiger partial charge in [0.2, 0.25) is 0 Å². The molecule has 2 fully saturated rings. The Bertz CT molecular complexity index is 810. The zero-order chi connectivity index (χ0) is 18.6. The number of nitrogens with one attached hydrogen (secondary N) is 2. The number of hydrogen-bond acceptors (Lipinski definition) is 4. The van der Waals surface area contributed by atoms with Crippen LogP contribution in [0.15, 0.2) is 42.7 Å². The summed E-state index contributed by atoms with van der Waals surface area (Å²) in [7, 11) is 0. The Hall–Kier alpha value is -2.47. The van der Waals surface area contributed by atoms with Gasteiger partial charge in [-0.3, -0.25) is 9.78 Å². The largest absolute Gasteiger partial charge is 0.490 e. The number of carbonyl (C=O) groups excluding carboxylic acids is 1. The van der Waals surface area contributed by atoms with Crippen molar-refractivity contribution in [1.82, 2.24) is 15.6 Å². The molecule has 2 heterocycles. The van der Waals surface area contributed by atoms with Gasteiger partial charge in [-0.05, 0) is 67.5 Å². The number of pyridine rings is 1. The molecule has 0 bridgehead atoms. The zero-order valence-corrected chi connectivity index (χ0v) is 15.2. The van der Waals surface area contributed by atoms with Crippen LogP contribution in [0.4, 0.5) is 4.39 Å². The Balaban J connectivity index is 1.22. The van der Waals surface area contributed by atoms with Gasteiger partial charge < -0.3 is 15.4 Å². The second kappa shape index (κ2) is 8.05. The van der Waals surface area contributed by atoms with Gasteiger partial charge in [-0.2, -0.15) is 0 Å². The third-order valence-electron chi connectivity index (χ3n) is 5.35. The molecule has 1 aliphatic carbocycles. The molecule has 142 valence electrons. The lowest BCUT2D eigenvalue weighted by Crippen LogP contribution is -2.46. The van der Waals surface area contributed by atoms with Gasteiger partial charge in [-0.25, -0.2) is 4.39 Å². The molecule has 0 spiro atoms. The normalized spacial score (nSPS) is 23.4. The minimum absolute atomic E-state index is 0.228. The van der Waals surface area contributed by atoms with Gasteiger partial charge in [0.1, 0.15) is 18.2 Å². The van der Waals surface area contributed by atoms with Crippen LogP contribution in [0.1, 0.15) is 41.1 Å². The molecule has 5 nitrogen and oxygen atoms in total. The van der Waals surface area contributed by atoms with Gasteiger partial charge in [0, 0.05) is 24.3 Å². The van der Waals surface area contributed by atoms with Gasteiger partial charge in [0.25, 0.3) is 5.91 Å². The van der Waals surface area contributed by atoms with Crippen LogP contribution in [0.5, 0.6) is 5.75 Å². The first-order chi connectivity index (χ1) is 13.2. The molecule has 4 rings (SSSR count). The van der Waals surface area contributed by atoms with E-state index in [-0.39, 0.29) is 5.91 Å². The first kappa shape index (κ1) is 17.9. The summed E-state index contributed by atoms with van der Waals surface area (Å²) in [5.74, 6) is 1.23. The van der Waals surface area contributed by atoms with E-state index in [0.717, 1.165) is 25.1 Å². The van der Waals surface area contributed by atoms with E-state index in [1.165, 1.54) is 24.1 Å². The van der Waals surface area contributed by atoms with Crippen LogP contribution < -0.4 is 15.4 Å². The van der Waals surface area contributed by atoms with Crippen LogP contribution in [0.2, 0.25) is 0 Å². The summed E-state index contributed by atoms with van der Waals surface area (Å²) >= 11 is 0. The molecule has 6 heteroatoms. The molecule has 2 aromatic rings. The fourth-order valence-corrected chi connectivity index (χ4v) is 3.48. The molecule has 0 unspecified atom stereocenters. The van der Waals surface area contributed by atoms with E-state index in [9.17, 15) is 9.18 Å². The van der Waals surface area contributed by atoms with Crippen LogP contribution in [0.3, 0.4) is 0 Å².